The van der Waals surface area contributed by atoms with E-state index >= 15 is 0 Å². The van der Waals surface area contributed by atoms with Crippen LogP contribution in [0.5, 0.6) is 0 Å². The summed E-state index contributed by atoms with van der Waals surface area (Å²) in [5, 5.41) is 3.84. The Morgan fingerprint density at radius 1 is 1.50 bits per heavy atom. The Bertz CT molecular complexity index is 423. The average molecular weight is 245 g/mol. The maximum atomic E-state index is 11.7. The zero-order valence-corrected chi connectivity index (χ0v) is 10.8. The third-order valence-corrected chi connectivity index (χ3v) is 3.66. The van der Waals surface area contributed by atoms with Crippen molar-refractivity contribution in [1.82, 2.24) is 14.5 Å². The SMILES string of the molecule is CC(C)CCCNS(=O)(=O)c1cnn(C)c1. The van der Waals surface area contributed by atoms with Crippen LogP contribution < -0.4 is 4.72 Å². The Balaban J connectivity index is 2.47. The standard InChI is InChI=1S/C10H19N3O2S/c1-9(2)5-4-6-12-16(14,15)10-7-11-13(3)8-10/h7-9,12H,4-6H2,1-3H3. The van der Waals surface area contributed by atoms with E-state index in [1.807, 2.05) is 0 Å². The highest BCUT2D eigenvalue weighted by Gasteiger charge is 2.14. The van der Waals surface area contributed by atoms with E-state index < -0.39 is 10.0 Å². The molecule has 0 aliphatic rings. The summed E-state index contributed by atoms with van der Waals surface area (Å²) in [6, 6.07) is 0. The fourth-order valence-electron chi connectivity index (χ4n) is 1.34. The van der Waals surface area contributed by atoms with Crippen molar-refractivity contribution in [3.8, 4) is 0 Å². The minimum absolute atomic E-state index is 0.222. The van der Waals surface area contributed by atoms with E-state index in [1.54, 1.807) is 7.05 Å². The molecule has 0 saturated heterocycles. The molecule has 0 atom stereocenters. The molecule has 0 aliphatic carbocycles. The number of aryl methyl sites for hydroxylation is 1. The number of sulfonamides is 1. The van der Waals surface area contributed by atoms with Gasteiger partial charge in [0.25, 0.3) is 0 Å². The molecule has 0 fully saturated rings. The molecule has 1 aromatic rings. The van der Waals surface area contributed by atoms with Gasteiger partial charge in [-0.3, -0.25) is 4.68 Å². The van der Waals surface area contributed by atoms with Crippen LogP contribution in [-0.2, 0) is 17.1 Å². The second-order valence-electron chi connectivity index (χ2n) is 4.28. The van der Waals surface area contributed by atoms with E-state index in [0.717, 1.165) is 12.8 Å². The molecule has 0 aromatic carbocycles. The van der Waals surface area contributed by atoms with Crippen LogP contribution in [0.4, 0.5) is 0 Å². The van der Waals surface area contributed by atoms with Crippen molar-refractivity contribution in [2.75, 3.05) is 6.54 Å². The minimum Gasteiger partial charge on any atom is -0.274 e. The first-order valence-corrected chi connectivity index (χ1v) is 6.88. The van der Waals surface area contributed by atoms with E-state index in [0.29, 0.717) is 12.5 Å². The van der Waals surface area contributed by atoms with Gasteiger partial charge in [0.15, 0.2) is 0 Å². The Hall–Kier alpha value is -0.880. The summed E-state index contributed by atoms with van der Waals surface area (Å²) in [7, 11) is -1.68. The molecule has 1 N–H and O–H groups in total. The van der Waals surface area contributed by atoms with E-state index in [-0.39, 0.29) is 4.90 Å². The molecule has 0 saturated carbocycles. The number of nitrogens with zero attached hydrogens (tertiary/aromatic N) is 2. The number of nitrogens with one attached hydrogen (secondary N) is 1. The summed E-state index contributed by atoms with van der Waals surface area (Å²) < 4.78 is 27.5. The molecular weight excluding hydrogens is 226 g/mol. The molecule has 0 unspecified atom stereocenters. The first-order valence-electron chi connectivity index (χ1n) is 5.40. The van der Waals surface area contributed by atoms with Gasteiger partial charge < -0.3 is 0 Å². The molecule has 1 rings (SSSR count). The van der Waals surface area contributed by atoms with Gasteiger partial charge in [-0.1, -0.05) is 13.8 Å². The molecule has 0 aliphatic heterocycles. The van der Waals surface area contributed by atoms with Crippen molar-refractivity contribution in [3.05, 3.63) is 12.4 Å². The van der Waals surface area contributed by atoms with Gasteiger partial charge in [0.05, 0.1) is 6.20 Å². The van der Waals surface area contributed by atoms with E-state index in [1.165, 1.54) is 17.1 Å². The van der Waals surface area contributed by atoms with Gasteiger partial charge in [0.1, 0.15) is 4.90 Å². The smallest absolute Gasteiger partial charge is 0.243 e. The summed E-state index contributed by atoms with van der Waals surface area (Å²) in [5.41, 5.74) is 0. The number of rotatable bonds is 6. The molecule has 1 aromatic heterocycles. The first-order chi connectivity index (χ1) is 7.42. The Labute approximate surface area is 96.9 Å². The molecule has 6 heteroatoms. The molecule has 0 amide bonds. The molecule has 0 radical (unpaired) electrons. The zero-order valence-electron chi connectivity index (χ0n) is 9.97. The molecule has 1 heterocycles. The summed E-state index contributed by atoms with van der Waals surface area (Å²) in [6.07, 6.45) is 4.72. The number of hydrogen-bond acceptors (Lipinski definition) is 3. The van der Waals surface area contributed by atoms with E-state index in [9.17, 15) is 8.42 Å². The lowest BCUT2D eigenvalue weighted by atomic mass is 10.1. The van der Waals surface area contributed by atoms with Crippen molar-refractivity contribution in [2.45, 2.75) is 31.6 Å². The van der Waals surface area contributed by atoms with E-state index in [4.69, 9.17) is 0 Å². The predicted molar refractivity (Wildman–Crippen MR) is 62.5 cm³/mol. The van der Waals surface area contributed by atoms with Crippen LogP contribution in [0.2, 0.25) is 0 Å². The average Bonchev–Trinajstić information content (AvgIpc) is 2.60. The normalized spacial score (nSPS) is 12.2. The summed E-state index contributed by atoms with van der Waals surface area (Å²) in [6.45, 7) is 4.72. The maximum Gasteiger partial charge on any atom is 0.243 e. The molecule has 0 spiro atoms. The highest BCUT2D eigenvalue weighted by molar-refractivity contribution is 7.89. The molecule has 5 nitrogen and oxygen atoms in total. The van der Waals surface area contributed by atoms with Crippen molar-refractivity contribution in [3.63, 3.8) is 0 Å². The Morgan fingerprint density at radius 3 is 2.69 bits per heavy atom. The molecule has 16 heavy (non-hydrogen) atoms. The monoisotopic (exact) mass is 245 g/mol. The highest BCUT2D eigenvalue weighted by Crippen LogP contribution is 2.07. The first kappa shape index (κ1) is 13.2. The van der Waals surface area contributed by atoms with E-state index in [2.05, 4.69) is 23.7 Å². The van der Waals surface area contributed by atoms with Crippen molar-refractivity contribution >= 4 is 10.0 Å². The lowest BCUT2D eigenvalue weighted by Gasteiger charge is -2.06. The highest BCUT2D eigenvalue weighted by atomic mass is 32.2. The van der Waals surface area contributed by atoms with Crippen LogP contribution in [-0.4, -0.2) is 24.7 Å². The molecule has 92 valence electrons. The van der Waals surface area contributed by atoms with Gasteiger partial charge in [0, 0.05) is 19.8 Å². The number of aromatic nitrogens is 2. The van der Waals surface area contributed by atoms with Gasteiger partial charge in [0.2, 0.25) is 10.0 Å². The summed E-state index contributed by atoms with van der Waals surface area (Å²) >= 11 is 0. The fourth-order valence-corrected chi connectivity index (χ4v) is 2.39. The predicted octanol–water partition coefficient (Wildman–Crippen LogP) is 1.13. The largest absolute Gasteiger partial charge is 0.274 e. The van der Waals surface area contributed by atoms with Crippen LogP contribution in [0.25, 0.3) is 0 Å². The third kappa shape index (κ3) is 3.94. The van der Waals surface area contributed by atoms with Crippen molar-refractivity contribution in [2.24, 2.45) is 13.0 Å². The summed E-state index contributed by atoms with van der Waals surface area (Å²) in [5.74, 6) is 0.600. The van der Waals surface area contributed by atoms with Gasteiger partial charge >= 0.3 is 0 Å². The van der Waals surface area contributed by atoms with Gasteiger partial charge in [-0.05, 0) is 18.8 Å². The van der Waals surface area contributed by atoms with Crippen LogP contribution in [0.15, 0.2) is 17.3 Å². The third-order valence-electron chi connectivity index (χ3n) is 2.24. The topological polar surface area (TPSA) is 64.0 Å². The van der Waals surface area contributed by atoms with Crippen molar-refractivity contribution in [1.29, 1.82) is 0 Å². The zero-order chi connectivity index (χ0) is 12.2. The molecular formula is C10H19N3O2S. The molecule has 0 bridgehead atoms. The Kier molecular flexibility index (Phi) is 4.49. The van der Waals surface area contributed by atoms with Crippen molar-refractivity contribution < 1.29 is 8.42 Å². The van der Waals surface area contributed by atoms with Crippen LogP contribution in [0, 0.1) is 5.92 Å². The van der Waals surface area contributed by atoms with Crippen LogP contribution in [0.3, 0.4) is 0 Å². The lowest BCUT2D eigenvalue weighted by molar-refractivity contribution is 0.540. The minimum atomic E-state index is -3.37. The number of hydrogen-bond donors (Lipinski definition) is 1. The van der Waals surface area contributed by atoms with Crippen LogP contribution in [0.1, 0.15) is 26.7 Å². The van der Waals surface area contributed by atoms with Crippen LogP contribution >= 0.6 is 0 Å². The van der Waals surface area contributed by atoms with Gasteiger partial charge in [-0.15, -0.1) is 0 Å². The second kappa shape index (κ2) is 5.45. The van der Waals surface area contributed by atoms with Gasteiger partial charge in [-0.25, -0.2) is 13.1 Å². The lowest BCUT2D eigenvalue weighted by Crippen LogP contribution is -2.24. The maximum absolute atomic E-state index is 11.7. The second-order valence-corrected chi connectivity index (χ2v) is 6.05. The fraction of sp³-hybridized carbons (Fsp3) is 0.700. The quantitative estimate of drug-likeness (QED) is 0.764. The summed E-state index contributed by atoms with van der Waals surface area (Å²) in [4.78, 5) is 0.222. The van der Waals surface area contributed by atoms with Gasteiger partial charge in [-0.2, -0.15) is 5.10 Å². The Morgan fingerprint density at radius 2 is 2.19 bits per heavy atom.